The number of nitrogens with zero attached hydrogens (tertiary/aromatic N) is 3. The van der Waals surface area contributed by atoms with Gasteiger partial charge in [0.25, 0.3) is 0 Å². The first kappa shape index (κ1) is 11.3. The molecule has 1 heterocycles. The predicted molar refractivity (Wildman–Crippen MR) is 62.2 cm³/mol. The second-order valence-electron chi connectivity index (χ2n) is 4.00. The molecule has 0 bridgehead atoms. The second kappa shape index (κ2) is 4.37. The highest BCUT2D eigenvalue weighted by Crippen LogP contribution is 2.16. The Bertz CT molecular complexity index is 561. The normalized spacial score (nSPS) is 10.5. The molecule has 17 heavy (non-hydrogen) atoms. The fourth-order valence-corrected chi connectivity index (χ4v) is 1.68. The van der Waals surface area contributed by atoms with Crippen LogP contribution >= 0.6 is 0 Å². The minimum Gasteiger partial charge on any atom is -0.481 e. The first-order valence-corrected chi connectivity index (χ1v) is 5.27. The van der Waals surface area contributed by atoms with E-state index in [-0.39, 0.29) is 6.42 Å². The number of aryl methyl sites for hydroxylation is 2. The fraction of sp³-hybridized carbons (Fsp3) is 0.250. The largest absolute Gasteiger partial charge is 0.481 e. The lowest BCUT2D eigenvalue weighted by Crippen LogP contribution is -2.09. The van der Waals surface area contributed by atoms with E-state index in [0.717, 1.165) is 16.8 Å². The summed E-state index contributed by atoms with van der Waals surface area (Å²) in [5, 5.41) is 16.5. The summed E-state index contributed by atoms with van der Waals surface area (Å²) >= 11 is 0. The van der Waals surface area contributed by atoms with Crippen molar-refractivity contribution in [1.29, 1.82) is 0 Å². The van der Waals surface area contributed by atoms with Crippen molar-refractivity contribution in [3.63, 3.8) is 0 Å². The number of carbonyl (C=O) groups is 1. The highest BCUT2D eigenvalue weighted by atomic mass is 16.4. The zero-order valence-electron chi connectivity index (χ0n) is 9.71. The maximum atomic E-state index is 10.7. The topological polar surface area (TPSA) is 68.0 Å². The van der Waals surface area contributed by atoms with Crippen LogP contribution in [-0.4, -0.2) is 26.1 Å². The Balaban J connectivity index is 2.49. The van der Waals surface area contributed by atoms with Crippen LogP contribution in [0.5, 0.6) is 0 Å². The van der Waals surface area contributed by atoms with E-state index in [4.69, 9.17) is 5.11 Å². The first-order valence-electron chi connectivity index (χ1n) is 5.27. The van der Waals surface area contributed by atoms with Gasteiger partial charge in [0.2, 0.25) is 0 Å². The molecule has 1 N–H and O–H groups in total. The number of rotatable bonds is 3. The molecule has 2 rings (SSSR count). The van der Waals surface area contributed by atoms with Crippen molar-refractivity contribution in [1.82, 2.24) is 15.0 Å². The Labute approximate surface area is 98.7 Å². The Morgan fingerprint density at radius 2 is 2.18 bits per heavy atom. The second-order valence-corrected chi connectivity index (χ2v) is 4.00. The Morgan fingerprint density at radius 1 is 1.41 bits per heavy atom. The molecule has 0 aliphatic rings. The van der Waals surface area contributed by atoms with Gasteiger partial charge in [-0.15, -0.1) is 5.10 Å². The summed E-state index contributed by atoms with van der Waals surface area (Å²) in [5.74, 6) is -0.890. The van der Waals surface area contributed by atoms with E-state index >= 15 is 0 Å². The highest BCUT2D eigenvalue weighted by Gasteiger charge is 2.11. The van der Waals surface area contributed by atoms with Crippen LogP contribution < -0.4 is 0 Å². The molecule has 0 atom stereocenters. The molecule has 1 aromatic heterocycles. The predicted octanol–water partition coefficient (Wildman–Crippen LogP) is 1.51. The van der Waals surface area contributed by atoms with Gasteiger partial charge in [0.15, 0.2) is 0 Å². The van der Waals surface area contributed by atoms with Gasteiger partial charge in [0.05, 0.1) is 24.0 Å². The SMILES string of the molecule is Cc1ccc(C)c(-n2nncc2CC(=O)O)c1. The Kier molecular flexibility index (Phi) is 2.91. The lowest BCUT2D eigenvalue weighted by Gasteiger charge is -2.08. The molecular weight excluding hydrogens is 218 g/mol. The van der Waals surface area contributed by atoms with Gasteiger partial charge in [0.1, 0.15) is 0 Å². The number of aromatic nitrogens is 3. The van der Waals surface area contributed by atoms with Crippen LogP contribution in [0.1, 0.15) is 16.8 Å². The summed E-state index contributed by atoms with van der Waals surface area (Å²) in [6, 6.07) is 5.96. The van der Waals surface area contributed by atoms with E-state index in [9.17, 15) is 4.79 Å². The Hall–Kier alpha value is -2.17. The van der Waals surface area contributed by atoms with Gasteiger partial charge in [-0.2, -0.15) is 0 Å². The summed E-state index contributed by atoms with van der Waals surface area (Å²) in [6.45, 7) is 3.94. The quantitative estimate of drug-likeness (QED) is 0.869. The lowest BCUT2D eigenvalue weighted by atomic mass is 10.1. The maximum Gasteiger partial charge on any atom is 0.309 e. The molecule has 2 aromatic rings. The van der Waals surface area contributed by atoms with E-state index in [2.05, 4.69) is 10.3 Å². The summed E-state index contributed by atoms with van der Waals surface area (Å²) < 4.78 is 1.58. The van der Waals surface area contributed by atoms with Gasteiger partial charge in [-0.05, 0) is 31.0 Å². The van der Waals surface area contributed by atoms with Gasteiger partial charge in [-0.1, -0.05) is 17.3 Å². The zero-order chi connectivity index (χ0) is 12.4. The summed E-state index contributed by atoms with van der Waals surface area (Å²) in [5.41, 5.74) is 3.58. The van der Waals surface area contributed by atoms with Crippen molar-refractivity contribution in [2.24, 2.45) is 0 Å². The number of hydrogen-bond acceptors (Lipinski definition) is 3. The van der Waals surface area contributed by atoms with Crippen LogP contribution in [0.4, 0.5) is 0 Å². The van der Waals surface area contributed by atoms with E-state index in [1.807, 2.05) is 32.0 Å². The molecule has 88 valence electrons. The molecule has 0 aliphatic carbocycles. The summed E-state index contributed by atoms with van der Waals surface area (Å²) in [6.07, 6.45) is 1.40. The molecule has 5 heteroatoms. The van der Waals surface area contributed by atoms with Crippen molar-refractivity contribution < 1.29 is 9.90 Å². The molecule has 0 aliphatic heterocycles. The van der Waals surface area contributed by atoms with Crippen molar-refractivity contribution in [2.75, 3.05) is 0 Å². The van der Waals surface area contributed by atoms with E-state index in [0.29, 0.717) is 5.69 Å². The molecule has 1 aromatic carbocycles. The average Bonchev–Trinajstić information content (AvgIpc) is 2.69. The van der Waals surface area contributed by atoms with Crippen molar-refractivity contribution >= 4 is 5.97 Å². The van der Waals surface area contributed by atoms with Crippen molar-refractivity contribution in [2.45, 2.75) is 20.3 Å². The van der Waals surface area contributed by atoms with Crippen LogP contribution in [0.15, 0.2) is 24.4 Å². The van der Waals surface area contributed by atoms with Gasteiger partial charge in [-0.3, -0.25) is 4.79 Å². The van der Waals surface area contributed by atoms with Crippen molar-refractivity contribution in [3.8, 4) is 5.69 Å². The molecule has 0 radical (unpaired) electrons. The van der Waals surface area contributed by atoms with Gasteiger partial charge in [-0.25, -0.2) is 4.68 Å². The minimum atomic E-state index is -0.890. The number of hydrogen-bond donors (Lipinski definition) is 1. The zero-order valence-corrected chi connectivity index (χ0v) is 9.71. The highest BCUT2D eigenvalue weighted by molar-refractivity contribution is 5.69. The van der Waals surface area contributed by atoms with Crippen LogP contribution in [0, 0.1) is 13.8 Å². The van der Waals surface area contributed by atoms with Gasteiger partial charge in [0, 0.05) is 0 Å². The number of aliphatic carboxylic acids is 1. The molecule has 0 saturated heterocycles. The van der Waals surface area contributed by atoms with Crippen LogP contribution in [-0.2, 0) is 11.2 Å². The summed E-state index contributed by atoms with van der Waals surface area (Å²) in [4.78, 5) is 10.7. The fourth-order valence-electron chi connectivity index (χ4n) is 1.68. The van der Waals surface area contributed by atoms with Crippen LogP contribution in [0.25, 0.3) is 5.69 Å². The van der Waals surface area contributed by atoms with Crippen molar-refractivity contribution in [3.05, 3.63) is 41.2 Å². The first-order chi connectivity index (χ1) is 8.08. The Morgan fingerprint density at radius 3 is 2.88 bits per heavy atom. The molecule has 5 nitrogen and oxygen atoms in total. The van der Waals surface area contributed by atoms with E-state index in [1.54, 1.807) is 4.68 Å². The average molecular weight is 231 g/mol. The third-order valence-electron chi connectivity index (χ3n) is 2.55. The third kappa shape index (κ3) is 2.33. The van der Waals surface area contributed by atoms with Gasteiger partial charge >= 0.3 is 5.97 Å². The smallest absolute Gasteiger partial charge is 0.309 e. The summed E-state index contributed by atoms with van der Waals surface area (Å²) in [7, 11) is 0. The minimum absolute atomic E-state index is 0.0830. The van der Waals surface area contributed by atoms with Crippen LogP contribution in [0.2, 0.25) is 0 Å². The molecule has 0 fully saturated rings. The number of carboxylic acids is 1. The maximum absolute atomic E-state index is 10.7. The van der Waals surface area contributed by atoms with Gasteiger partial charge < -0.3 is 5.11 Å². The molecular formula is C12H13N3O2. The number of benzene rings is 1. The van der Waals surface area contributed by atoms with E-state index in [1.165, 1.54) is 6.20 Å². The molecule has 0 amide bonds. The molecule has 0 saturated carbocycles. The standard InChI is InChI=1S/C12H13N3O2/c1-8-3-4-9(2)11(5-8)15-10(6-12(16)17)7-13-14-15/h3-5,7H,6H2,1-2H3,(H,16,17). The molecule has 0 unspecified atom stereocenters. The van der Waals surface area contributed by atoms with E-state index < -0.39 is 5.97 Å². The van der Waals surface area contributed by atoms with Crippen LogP contribution in [0.3, 0.4) is 0 Å². The third-order valence-corrected chi connectivity index (χ3v) is 2.55. The molecule has 0 spiro atoms. The lowest BCUT2D eigenvalue weighted by molar-refractivity contribution is -0.136. The number of carboxylic acid groups (broad SMARTS) is 1. The monoisotopic (exact) mass is 231 g/mol.